The van der Waals surface area contributed by atoms with Gasteiger partial charge in [0.2, 0.25) is 5.91 Å². The number of carbonyl (C=O) groups is 1. The molecule has 0 aromatic rings. The third-order valence-electron chi connectivity index (χ3n) is 4.82. The highest BCUT2D eigenvalue weighted by Gasteiger charge is 2.24. The fourth-order valence-corrected chi connectivity index (χ4v) is 3.29. The lowest BCUT2D eigenvalue weighted by atomic mass is 9.96. The van der Waals surface area contributed by atoms with Crippen LogP contribution in [0.25, 0.3) is 0 Å². The molecule has 1 aliphatic rings. The molecule has 2 atom stereocenters. The SMILES string of the molecule is CCC(CCN)CCC(=O)NCC(C(C)C)N1CCCC1. The number of nitrogens with one attached hydrogen (secondary N) is 1. The Hall–Kier alpha value is -0.610. The molecule has 1 rings (SSSR count). The van der Waals surface area contributed by atoms with Gasteiger partial charge in [-0.15, -0.1) is 0 Å². The Morgan fingerprint density at radius 1 is 1.24 bits per heavy atom. The standard InChI is InChI=1S/C17H35N3O/c1-4-15(9-10-18)7-8-17(21)19-13-16(14(2)3)20-11-5-6-12-20/h14-16H,4-13,18H2,1-3H3,(H,19,21). The van der Waals surface area contributed by atoms with Gasteiger partial charge in [0.05, 0.1) is 0 Å². The lowest BCUT2D eigenvalue weighted by molar-refractivity contribution is -0.121. The van der Waals surface area contributed by atoms with Gasteiger partial charge in [-0.3, -0.25) is 9.69 Å². The van der Waals surface area contributed by atoms with Crippen molar-refractivity contribution in [1.29, 1.82) is 0 Å². The topological polar surface area (TPSA) is 58.4 Å². The summed E-state index contributed by atoms with van der Waals surface area (Å²) in [6.07, 6.45) is 6.36. The number of hydrogen-bond donors (Lipinski definition) is 2. The Morgan fingerprint density at radius 3 is 2.43 bits per heavy atom. The van der Waals surface area contributed by atoms with E-state index in [4.69, 9.17) is 5.73 Å². The zero-order valence-electron chi connectivity index (χ0n) is 14.2. The highest BCUT2D eigenvalue weighted by Crippen LogP contribution is 2.17. The lowest BCUT2D eigenvalue weighted by Gasteiger charge is -2.31. The molecule has 21 heavy (non-hydrogen) atoms. The Kier molecular flexibility index (Phi) is 8.93. The summed E-state index contributed by atoms with van der Waals surface area (Å²) < 4.78 is 0. The van der Waals surface area contributed by atoms with Gasteiger partial charge in [0, 0.05) is 19.0 Å². The van der Waals surface area contributed by atoms with Crippen LogP contribution in [0, 0.1) is 11.8 Å². The third-order valence-corrected chi connectivity index (χ3v) is 4.82. The number of likely N-dealkylation sites (tertiary alicyclic amines) is 1. The van der Waals surface area contributed by atoms with Gasteiger partial charge in [-0.2, -0.15) is 0 Å². The minimum atomic E-state index is 0.204. The minimum absolute atomic E-state index is 0.204. The van der Waals surface area contributed by atoms with Crippen molar-refractivity contribution < 1.29 is 4.79 Å². The van der Waals surface area contributed by atoms with Crippen LogP contribution >= 0.6 is 0 Å². The molecule has 2 unspecified atom stereocenters. The summed E-state index contributed by atoms with van der Waals surface area (Å²) in [7, 11) is 0. The number of hydrogen-bond acceptors (Lipinski definition) is 3. The van der Waals surface area contributed by atoms with E-state index in [-0.39, 0.29) is 5.91 Å². The first-order chi connectivity index (χ1) is 10.1. The molecule has 4 nitrogen and oxygen atoms in total. The van der Waals surface area contributed by atoms with E-state index in [0.29, 0.717) is 24.3 Å². The van der Waals surface area contributed by atoms with Gasteiger partial charge in [0.15, 0.2) is 0 Å². The van der Waals surface area contributed by atoms with Crippen molar-refractivity contribution in [2.24, 2.45) is 17.6 Å². The zero-order chi connectivity index (χ0) is 15.7. The lowest BCUT2D eigenvalue weighted by Crippen LogP contribution is -2.45. The van der Waals surface area contributed by atoms with Crippen molar-refractivity contribution in [3.63, 3.8) is 0 Å². The molecule has 1 saturated heterocycles. The van der Waals surface area contributed by atoms with E-state index >= 15 is 0 Å². The van der Waals surface area contributed by atoms with Gasteiger partial charge in [-0.05, 0) is 57.2 Å². The summed E-state index contributed by atoms with van der Waals surface area (Å²) in [4.78, 5) is 14.6. The Morgan fingerprint density at radius 2 is 1.90 bits per heavy atom. The second-order valence-electron chi connectivity index (χ2n) is 6.75. The Balaban J connectivity index is 2.29. The van der Waals surface area contributed by atoms with Gasteiger partial charge in [0.1, 0.15) is 0 Å². The molecule has 1 heterocycles. The zero-order valence-corrected chi connectivity index (χ0v) is 14.2. The van der Waals surface area contributed by atoms with Crippen molar-refractivity contribution >= 4 is 5.91 Å². The van der Waals surface area contributed by atoms with Crippen molar-refractivity contribution in [2.45, 2.75) is 65.3 Å². The first-order valence-corrected chi connectivity index (χ1v) is 8.79. The van der Waals surface area contributed by atoms with E-state index < -0.39 is 0 Å². The summed E-state index contributed by atoms with van der Waals surface area (Å²) in [5, 5.41) is 3.15. The quantitative estimate of drug-likeness (QED) is 0.651. The average molecular weight is 297 g/mol. The molecule has 3 N–H and O–H groups in total. The summed E-state index contributed by atoms with van der Waals surface area (Å²) in [6, 6.07) is 0.488. The van der Waals surface area contributed by atoms with Crippen molar-refractivity contribution in [3.8, 4) is 0 Å². The highest BCUT2D eigenvalue weighted by molar-refractivity contribution is 5.75. The minimum Gasteiger partial charge on any atom is -0.355 e. The molecule has 0 aromatic carbocycles. The Labute approximate surface area is 130 Å². The number of rotatable bonds is 10. The summed E-state index contributed by atoms with van der Waals surface area (Å²) >= 11 is 0. The molecule has 1 aliphatic heterocycles. The second kappa shape index (κ2) is 10.2. The fourth-order valence-electron chi connectivity index (χ4n) is 3.29. The third kappa shape index (κ3) is 6.79. The van der Waals surface area contributed by atoms with Gasteiger partial charge < -0.3 is 11.1 Å². The summed E-state index contributed by atoms with van der Waals surface area (Å²) in [6.45, 7) is 10.6. The molecule has 1 fully saturated rings. The molecule has 124 valence electrons. The maximum atomic E-state index is 12.0. The monoisotopic (exact) mass is 297 g/mol. The van der Waals surface area contributed by atoms with E-state index in [1.54, 1.807) is 0 Å². The predicted octanol–water partition coefficient (Wildman–Crippen LogP) is 2.38. The van der Waals surface area contributed by atoms with E-state index in [1.165, 1.54) is 25.9 Å². The average Bonchev–Trinajstić information content (AvgIpc) is 2.97. The maximum Gasteiger partial charge on any atom is 0.220 e. The number of nitrogens with two attached hydrogens (primary N) is 1. The second-order valence-corrected chi connectivity index (χ2v) is 6.75. The summed E-state index contributed by atoms with van der Waals surface area (Å²) in [5.74, 6) is 1.39. The molecular formula is C17H35N3O. The number of amides is 1. The first kappa shape index (κ1) is 18.4. The number of carbonyl (C=O) groups excluding carboxylic acids is 1. The van der Waals surface area contributed by atoms with Crippen LogP contribution in [-0.2, 0) is 4.79 Å². The molecule has 0 bridgehead atoms. The van der Waals surface area contributed by atoms with Crippen LogP contribution in [0.3, 0.4) is 0 Å². The predicted molar refractivity (Wildman–Crippen MR) is 89.1 cm³/mol. The van der Waals surface area contributed by atoms with Crippen LogP contribution in [-0.4, -0.2) is 43.0 Å². The summed E-state index contributed by atoms with van der Waals surface area (Å²) in [5.41, 5.74) is 5.61. The molecule has 0 saturated carbocycles. The van der Waals surface area contributed by atoms with Gasteiger partial charge in [-0.1, -0.05) is 27.2 Å². The molecule has 4 heteroatoms. The van der Waals surface area contributed by atoms with Crippen molar-refractivity contribution in [2.75, 3.05) is 26.2 Å². The smallest absolute Gasteiger partial charge is 0.220 e. The molecule has 1 amide bonds. The molecule has 0 spiro atoms. The van der Waals surface area contributed by atoms with E-state index in [9.17, 15) is 4.79 Å². The molecule has 0 radical (unpaired) electrons. The largest absolute Gasteiger partial charge is 0.355 e. The van der Waals surface area contributed by atoms with Gasteiger partial charge >= 0.3 is 0 Å². The van der Waals surface area contributed by atoms with Crippen LogP contribution in [0.2, 0.25) is 0 Å². The Bertz CT molecular complexity index is 288. The van der Waals surface area contributed by atoms with Crippen LogP contribution in [0.4, 0.5) is 0 Å². The maximum absolute atomic E-state index is 12.0. The van der Waals surface area contributed by atoms with Crippen LogP contribution < -0.4 is 11.1 Å². The van der Waals surface area contributed by atoms with Crippen molar-refractivity contribution in [3.05, 3.63) is 0 Å². The van der Waals surface area contributed by atoms with Crippen LogP contribution in [0.15, 0.2) is 0 Å². The van der Waals surface area contributed by atoms with Crippen LogP contribution in [0.5, 0.6) is 0 Å². The fraction of sp³-hybridized carbons (Fsp3) is 0.941. The van der Waals surface area contributed by atoms with Gasteiger partial charge in [0.25, 0.3) is 0 Å². The highest BCUT2D eigenvalue weighted by atomic mass is 16.1. The normalized spacial score (nSPS) is 18.9. The van der Waals surface area contributed by atoms with E-state index in [2.05, 4.69) is 31.0 Å². The molecule has 0 aromatic heterocycles. The van der Waals surface area contributed by atoms with Gasteiger partial charge in [-0.25, -0.2) is 0 Å². The molecule has 0 aliphatic carbocycles. The first-order valence-electron chi connectivity index (χ1n) is 8.79. The van der Waals surface area contributed by atoms with E-state index in [1.807, 2.05) is 0 Å². The van der Waals surface area contributed by atoms with E-state index in [0.717, 1.165) is 32.4 Å². The van der Waals surface area contributed by atoms with Crippen molar-refractivity contribution in [1.82, 2.24) is 10.2 Å². The molecular weight excluding hydrogens is 262 g/mol. The number of nitrogens with zero attached hydrogens (tertiary/aromatic N) is 1. The van der Waals surface area contributed by atoms with Crippen LogP contribution in [0.1, 0.15) is 59.3 Å².